The predicted molar refractivity (Wildman–Crippen MR) is 110 cm³/mol. The third-order valence-electron chi connectivity index (χ3n) is 4.88. The van der Waals surface area contributed by atoms with Gasteiger partial charge in [0.2, 0.25) is 11.8 Å². The molecular weight excluding hydrogens is 400 g/mol. The summed E-state index contributed by atoms with van der Waals surface area (Å²) in [5, 5.41) is 5.78. The number of methoxy groups -OCH3 is 1. The van der Waals surface area contributed by atoms with Crippen molar-refractivity contribution in [3.8, 4) is 11.1 Å². The van der Waals surface area contributed by atoms with Gasteiger partial charge in [-0.1, -0.05) is 23.7 Å². The molecular formula is C20H21ClN2O4S. The number of hydrogen-bond acceptors (Lipinski definition) is 5. The van der Waals surface area contributed by atoms with Gasteiger partial charge in [-0.3, -0.25) is 9.59 Å². The molecule has 0 unspecified atom stereocenters. The number of esters is 1. The number of anilines is 1. The highest BCUT2D eigenvalue weighted by molar-refractivity contribution is 7.15. The lowest BCUT2D eigenvalue weighted by molar-refractivity contribution is -0.132. The molecule has 0 bridgehead atoms. The first kappa shape index (κ1) is 20.4. The van der Waals surface area contributed by atoms with Crippen LogP contribution >= 0.6 is 22.9 Å². The number of carbonyl (C=O) groups excluding carboxylic acids is 3. The second-order valence-corrected chi connectivity index (χ2v) is 7.94. The lowest BCUT2D eigenvalue weighted by Crippen LogP contribution is -2.40. The Morgan fingerprint density at radius 3 is 2.39 bits per heavy atom. The number of carbonyl (C=O) groups is 3. The van der Waals surface area contributed by atoms with E-state index in [0.29, 0.717) is 47.1 Å². The molecule has 0 aliphatic carbocycles. The summed E-state index contributed by atoms with van der Waals surface area (Å²) in [5.41, 5.74) is 1.84. The Labute approximate surface area is 172 Å². The second-order valence-electron chi connectivity index (χ2n) is 6.62. The minimum absolute atomic E-state index is 0.0256. The highest BCUT2D eigenvalue weighted by Gasteiger charge is 2.28. The van der Waals surface area contributed by atoms with Gasteiger partial charge in [0, 0.05) is 41.9 Å². The normalized spacial score (nSPS) is 14.6. The van der Waals surface area contributed by atoms with E-state index >= 15 is 0 Å². The predicted octanol–water partition coefficient (Wildman–Crippen LogP) is 4.05. The van der Waals surface area contributed by atoms with Gasteiger partial charge in [0.25, 0.3) is 0 Å². The molecule has 0 radical (unpaired) electrons. The van der Waals surface area contributed by atoms with Crippen LogP contribution in [0.25, 0.3) is 11.1 Å². The van der Waals surface area contributed by atoms with E-state index < -0.39 is 5.97 Å². The number of ether oxygens (including phenoxy) is 1. The minimum atomic E-state index is -0.507. The van der Waals surface area contributed by atoms with Crippen LogP contribution in [-0.2, 0) is 14.3 Å². The molecule has 1 aliphatic rings. The molecule has 28 heavy (non-hydrogen) atoms. The van der Waals surface area contributed by atoms with Gasteiger partial charge in [-0.15, -0.1) is 11.3 Å². The van der Waals surface area contributed by atoms with Gasteiger partial charge >= 0.3 is 5.97 Å². The molecule has 1 aliphatic heterocycles. The molecule has 6 nitrogen and oxygen atoms in total. The Bertz CT molecular complexity index is 886. The zero-order valence-corrected chi connectivity index (χ0v) is 17.2. The first-order valence-corrected chi connectivity index (χ1v) is 10.2. The lowest BCUT2D eigenvalue weighted by Gasteiger charge is -2.30. The smallest absolute Gasteiger partial charge is 0.341 e. The molecule has 1 fully saturated rings. The molecule has 1 aromatic carbocycles. The van der Waals surface area contributed by atoms with E-state index in [1.165, 1.54) is 25.4 Å². The first-order valence-electron chi connectivity index (χ1n) is 8.92. The fraction of sp³-hybridized carbons (Fsp3) is 0.350. The van der Waals surface area contributed by atoms with Crippen LogP contribution in [0, 0.1) is 5.92 Å². The number of likely N-dealkylation sites (tertiary alicyclic amines) is 1. The number of halogens is 1. The van der Waals surface area contributed by atoms with Gasteiger partial charge in [-0.05, 0) is 30.5 Å². The first-order chi connectivity index (χ1) is 13.4. The SMILES string of the molecule is COC(=O)c1c(-c2ccc(Cl)cc2)csc1NC(=O)C1CCN(C(C)=O)CC1. The molecule has 3 rings (SSSR count). The van der Waals surface area contributed by atoms with Gasteiger partial charge in [0.05, 0.1) is 7.11 Å². The van der Waals surface area contributed by atoms with Crippen molar-refractivity contribution in [3.05, 3.63) is 40.2 Å². The molecule has 1 saturated heterocycles. The zero-order chi connectivity index (χ0) is 20.3. The van der Waals surface area contributed by atoms with Crippen molar-refractivity contribution in [3.63, 3.8) is 0 Å². The fourth-order valence-corrected chi connectivity index (χ4v) is 4.35. The molecule has 0 atom stereocenters. The van der Waals surface area contributed by atoms with Gasteiger partial charge in [0.1, 0.15) is 10.6 Å². The van der Waals surface area contributed by atoms with Gasteiger partial charge in [-0.25, -0.2) is 4.79 Å². The maximum absolute atomic E-state index is 12.7. The number of nitrogens with zero attached hydrogens (tertiary/aromatic N) is 1. The van der Waals surface area contributed by atoms with E-state index in [-0.39, 0.29) is 17.7 Å². The summed E-state index contributed by atoms with van der Waals surface area (Å²) < 4.78 is 4.93. The number of rotatable bonds is 4. The maximum Gasteiger partial charge on any atom is 0.341 e. The summed E-state index contributed by atoms with van der Waals surface area (Å²) in [6.07, 6.45) is 1.21. The van der Waals surface area contributed by atoms with Crippen molar-refractivity contribution in [2.75, 3.05) is 25.5 Å². The summed E-state index contributed by atoms with van der Waals surface area (Å²) >= 11 is 7.23. The molecule has 2 amide bonds. The van der Waals surface area contributed by atoms with Gasteiger partial charge < -0.3 is 15.0 Å². The Morgan fingerprint density at radius 2 is 1.82 bits per heavy atom. The van der Waals surface area contributed by atoms with E-state index in [9.17, 15) is 14.4 Å². The molecule has 0 spiro atoms. The van der Waals surface area contributed by atoms with Crippen molar-refractivity contribution >= 4 is 45.7 Å². The van der Waals surface area contributed by atoms with Crippen LogP contribution in [0.4, 0.5) is 5.00 Å². The van der Waals surface area contributed by atoms with E-state index in [2.05, 4.69) is 5.32 Å². The van der Waals surface area contributed by atoms with Gasteiger partial charge in [0.15, 0.2) is 0 Å². The van der Waals surface area contributed by atoms with E-state index in [1.807, 2.05) is 17.5 Å². The van der Waals surface area contributed by atoms with Crippen LogP contribution in [0.2, 0.25) is 5.02 Å². The third-order valence-corrected chi connectivity index (χ3v) is 6.03. The quantitative estimate of drug-likeness (QED) is 0.757. The summed E-state index contributed by atoms with van der Waals surface area (Å²) in [4.78, 5) is 38.3. The van der Waals surface area contributed by atoms with Gasteiger partial charge in [-0.2, -0.15) is 0 Å². The summed E-state index contributed by atoms with van der Waals surface area (Å²) in [5.74, 6) is -0.814. The number of piperidine rings is 1. The standard InChI is InChI=1S/C20H21ClN2O4S/c1-12(24)23-9-7-14(8-10-23)18(25)22-19-17(20(26)27-2)16(11-28-19)13-3-5-15(21)6-4-13/h3-6,11,14H,7-10H2,1-2H3,(H,22,25). The molecule has 1 aromatic heterocycles. The van der Waals surface area contributed by atoms with Crippen molar-refractivity contribution in [1.82, 2.24) is 4.90 Å². The van der Waals surface area contributed by atoms with Crippen LogP contribution in [0.15, 0.2) is 29.6 Å². The maximum atomic E-state index is 12.7. The number of amides is 2. The van der Waals surface area contributed by atoms with Crippen LogP contribution in [0.1, 0.15) is 30.1 Å². The number of thiophene rings is 1. The minimum Gasteiger partial charge on any atom is -0.465 e. The van der Waals surface area contributed by atoms with Crippen molar-refractivity contribution in [1.29, 1.82) is 0 Å². The average Bonchev–Trinajstić information content (AvgIpc) is 3.11. The Kier molecular flexibility index (Phi) is 6.36. The van der Waals surface area contributed by atoms with Crippen LogP contribution in [0.3, 0.4) is 0 Å². The Morgan fingerprint density at radius 1 is 1.18 bits per heavy atom. The summed E-state index contributed by atoms with van der Waals surface area (Å²) in [6.45, 7) is 2.67. The molecule has 8 heteroatoms. The zero-order valence-electron chi connectivity index (χ0n) is 15.7. The van der Waals surface area contributed by atoms with Crippen molar-refractivity contribution in [2.24, 2.45) is 5.92 Å². The Hall–Kier alpha value is -2.38. The highest BCUT2D eigenvalue weighted by atomic mass is 35.5. The number of hydrogen-bond donors (Lipinski definition) is 1. The van der Waals surface area contributed by atoms with E-state index in [0.717, 1.165) is 5.56 Å². The lowest BCUT2D eigenvalue weighted by atomic mass is 9.96. The molecule has 0 saturated carbocycles. The topological polar surface area (TPSA) is 75.7 Å². The van der Waals surface area contributed by atoms with Crippen LogP contribution < -0.4 is 5.32 Å². The van der Waals surface area contributed by atoms with E-state index in [1.54, 1.807) is 17.0 Å². The molecule has 148 valence electrons. The van der Waals surface area contributed by atoms with Crippen molar-refractivity contribution < 1.29 is 19.1 Å². The monoisotopic (exact) mass is 420 g/mol. The molecule has 2 heterocycles. The van der Waals surface area contributed by atoms with Crippen LogP contribution in [0.5, 0.6) is 0 Å². The van der Waals surface area contributed by atoms with Crippen LogP contribution in [-0.4, -0.2) is 42.9 Å². The highest BCUT2D eigenvalue weighted by Crippen LogP contribution is 2.37. The summed E-state index contributed by atoms with van der Waals surface area (Å²) in [7, 11) is 1.31. The largest absolute Gasteiger partial charge is 0.465 e. The fourth-order valence-electron chi connectivity index (χ4n) is 3.27. The second kappa shape index (κ2) is 8.75. The Balaban J connectivity index is 1.80. The molecule has 2 aromatic rings. The summed E-state index contributed by atoms with van der Waals surface area (Å²) in [6, 6.07) is 7.13. The van der Waals surface area contributed by atoms with Crippen molar-refractivity contribution in [2.45, 2.75) is 19.8 Å². The third kappa shape index (κ3) is 4.36. The molecule has 1 N–H and O–H groups in total. The average molecular weight is 421 g/mol. The number of nitrogens with one attached hydrogen (secondary N) is 1. The number of benzene rings is 1. The van der Waals surface area contributed by atoms with E-state index in [4.69, 9.17) is 16.3 Å².